The summed E-state index contributed by atoms with van der Waals surface area (Å²) in [6.45, 7) is 0. The molecule has 0 N–H and O–H groups in total. The third kappa shape index (κ3) is 2.60. The van der Waals surface area contributed by atoms with Crippen molar-refractivity contribution in [2.45, 2.75) is 18.1 Å². The van der Waals surface area contributed by atoms with Crippen molar-refractivity contribution in [2.24, 2.45) is 0 Å². The van der Waals surface area contributed by atoms with Gasteiger partial charge in [0, 0.05) is 10.7 Å². The number of hydrogen-bond acceptors (Lipinski definition) is 4. The monoisotopic (exact) mass is 232 g/mol. The second-order valence-electron chi connectivity index (χ2n) is 2.84. The van der Waals surface area contributed by atoms with Gasteiger partial charge in [-0.2, -0.15) is 0 Å². The summed E-state index contributed by atoms with van der Waals surface area (Å²) in [6.07, 6.45) is 0.952. The van der Waals surface area contributed by atoms with Crippen molar-refractivity contribution in [3.63, 3.8) is 0 Å². The number of rotatable bonds is 2. The Hall–Kier alpha value is 0.190. The first-order valence-corrected chi connectivity index (χ1v) is 7.64. The van der Waals surface area contributed by atoms with Crippen LogP contribution in [0, 0.1) is 0 Å². The largest absolute Gasteiger partial charge is 0.233 e. The minimum absolute atomic E-state index is 0.0874. The Morgan fingerprint density at radius 3 is 2.33 bits per heavy atom. The summed E-state index contributed by atoms with van der Waals surface area (Å²) in [5, 5.41) is -0.778. The molecule has 12 heavy (non-hydrogen) atoms. The molecule has 0 aromatic rings. The van der Waals surface area contributed by atoms with Crippen LogP contribution in [0.4, 0.5) is 0 Å². The van der Waals surface area contributed by atoms with Crippen LogP contribution in [0.5, 0.6) is 0 Å². The highest BCUT2D eigenvalue weighted by molar-refractivity contribution is 8.14. The first-order chi connectivity index (χ1) is 5.31. The van der Waals surface area contributed by atoms with E-state index >= 15 is 0 Å². The fourth-order valence-corrected chi connectivity index (χ4v) is 5.35. The Labute approximate surface area is 76.3 Å². The molecule has 0 aromatic carbocycles. The van der Waals surface area contributed by atoms with E-state index in [1.165, 1.54) is 0 Å². The highest BCUT2D eigenvalue weighted by atomic mass is 35.7. The molecule has 1 atom stereocenters. The van der Waals surface area contributed by atoms with Crippen LogP contribution in [0.2, 0.25) is 0 Å². The summed E-state index contributed by atoms with van der Waals surface area (Å²) >= 11 is 0. The zero-order chi connectivity index (χ0) is 9.41. The Morgan fingerprint density at radius 1 is 1.42 bits per heavy atom. The zero-order valence-electron chi connectivity index (χ0n) is 6.23. The van der Waals surface area contributed by atoms with Gasteiger partial charge in [-0.05, 0) is 12.8 Å². The molecule has 1 saturated heterocycles. The van der Waals surface area contributed by atoms with Gasteiger partial charge in [0.05, 0.1) is 16.8 Å². The van der Waals surface area contributed by atoms with E-state index < -0.39 is 29.9 Å². The van der Waals surface area contributed by atoms with Crippen molar-refractivity contribution >= 4 is 29.6 Å². The Kier molecular flexibility index (Phi) is 2.70. The average molecular weight is 233 g/mol. The van der Waals surface area contributed by atoms with E-state index in [0.29, 0.717) is 12.8 Å². The molecule has 1 aliphatic rings. The molecule has 0 saturated carbocycles. The molecule has 1 aliphatic heterocycles. The van der Waals surface area contributed by atoms with Crippen molar-refractivity contribution in [3.8, 4) is 0 Å². The second kappa shape index (κ2) is 3.16. The van der Waals surface area contributed by atoms with Gasteiger partial charge >= 0.3 is 0 Å². The lowest BCUT2D eigenvalue weighted by Gasteiger charge is -2.04. The highest BCUT2D eigenvalue weighted by Crippen LogP contribution is 2.22. The van der Waals surface area contributed by atoms with Crippen LogP contribution in [0.3, 0.4) is 0 Å². The number of hydrogen-bond donors (Lipinski definition) is 0. The first kappa shape index (κ1) is 10.3. The predicted octanol–water partition coefficient (Wildman–Crippen LogP) is 0.132. The molecule has 1 heterocycles. The molecule has 0 radical (unpaired) electrons. The summed E-state index contributed by atoms with van der Waals surface area (Å²) in [6, 6.07) is 0. The van der Waals surface area contributed by atoms with Gasteiger partial charge in [-0.1, -0.05) is 0 Å². The van der Waals surface area contributed by atoms with E-state index in [4.69, 9.17) is 10.7 Å². The zero-order valence-corrected chi connectivity index (χ0v) is 8.62. The van der Waals surface area contributed by atoms with Crippen molar-refractivity contribution < 1.29 is 16.8 Å². The first-order valence-electron chi connectivity index (χ1n) is 3.45. The van der Waals surface area contributed by atoms with Crippen LogP contribution in [-0.2, 0) is 18.9 Å². The van der Waals surface area contributed by atoms with E-state index in [1.807, 2.05) is 0 Å². The maximum absolute atomic E-state index is 11.1. The van der Waals surface area contributed by atoms with Crippen LogP contribution in [0.1, 0.15) is 12.8 Å². The minimum Gasteiger partial charge on any atom is -0.229 e. The molecule has 1 rings (SSSR count). The molecule has 0 bridgehead atoms. The molecule has 7 heteroatoms. The van der Waals surface area contributed by atoms with Crippen molar-refractivity contribution in [1.29, 1.82) is 0 Å². The van der Waals surface area contributed by atoms with Gasteiger partial charge in [-0.15, -0.1) is 0 Å². The standard InChI is InChI=1S/C5H9ClO4S2/c6-12(9,10)4-5-2-1-3-11(5,7)8/h5H,1-4H2. The number of halogens is 1. The van der Waals surface area contributed by atoms with E-state index in [1.54, 1.807) is 0 Å². The van der Waals surface area contributed by atoms with Crippen LogP contribution in [-0.4, -0.2) is 33.6 Å². The fraction of sp³-hybridized carbons (Fsp3) is 1.00. The van der Waals surface area contributed by atoms with E-state index in [9.17, 15) is 16.8 Å². The SMILES string of the molecule is O=S(=O)(Cl)CC1CCCS1(=O)=O. The van der Waals surface area contributed by atoms with Gasteiger partial charge in [-0.25, -0.2) is 16.8 Å². The molecule has 1 fully saturated rings. The molecular formula is C5H9ClO4S2. The van der Waals surface area contributed by atoms with Gasteiger partial charge in [0.25, 0.3) is 0 Å². The molecule has 0 aromatic heterocycles. The van der Waals surface area contributed by atoms with Crippen LogP contribution in [0.15, 0.2) is 0 Å². The maximum atomic E-state index is 11.1. The third-order valence-electron chi connectivity index (χ3n) is 1.85. The van der Waals surface area contributed by atoms with Gasteiger partial charge in [0.15, 0.2) is 9.84 Å². The third-order valence-corrected chi connectivity index (χ3v) is 5.51. The second-order valence-corrected chi connectivity index (χ2v) is 8.06. The molecule has 4 nitrogen and oxygen atoms in total. The molecular weight excluding hydrogens is 224 g/mol. The molecule has 72 valence electrons. The summed E-state index contributed by atoms with van der Waals surface area (Å²) in [5.41, 5.74) is 0. The maximum Gasteiger partial charge on any atom is 0.233 e. The van der Waals surface area contributed by atoms with Gasteiger partial charge in [0.2, 0.25) is 9.05 Å². The lowest BCUT2D eigenvalue weighted by molar-refractivity contribution is 0.586. The topological polar surface area (TPSA) is 68.3 Å². The smallest absolute Gasteiger partial charge is 0.229 e. The lowest BCUT2D eigenvalue weighted by atomic mass is 10.3. The summed E-state index contributed by atoms with van der Waals surface area (Å²) in [4.78, 5) is 0. The summed E-state index contributed by atoms with van der Waals surface area (Å²) < 4.78 is 43.4. The quantitative estimate of drug-likeness (QED) is 0.635. The van der Waals surface area contributed by atoms with Crippen LogP contribution < -0.4 is 0 Å². The van der Waals surface area contributed by atoms with E-state index in [-0.39, 0.29) is 5.75 Å². The van der Waals surface area contributed by atoms with Gasteiger partial charge < -0.3 is 0 Å². The Balaban J connectivity index is 2.79. The minimum atomic E-state index is -3.69. The molecule has 1 unspecified atom stereocenters. The lowest BCUT2D eigenvalue weighted by Crippen LogP contribution is -2.23. The Bertz CT molecular complexity index is 355. The van der Waals surface area contributed by atoms with Crippen molar-refractivity contribution in [2.75, 3.05) is 11.5 Å². The van der Waals surface area contributed by atoms with Gasteiger partial charge in [0.1, 0.15) is 0 Å². The normalized spacial score (nSPS) is 28.9. The summed E-state index contributed by atoms with van der Waals surface area (Å²) in [5.74, 6) is -0.360. The van der Waals surface area contributed by atoms with Crippen molar-refractivity contribution in [1.82, 2.24) is 0 Å². The summed E-state index contributed by atoms with van der Waals surface area (Å²) in [7, 11) is -1.92. The van der Waals surface area contributed by atoms with Crippen LogP contribution in [0.25, 0.3) is 0 Å². The molecule has 0 amide bonds. The predicted molar refractivity (Wildman–Crippen MR) is 46.4 cm³/mol. The fourth-order valence-electron chi connectivity index (χ4n) is 1.27. The van der Waals surface area contributed by atoms with E-state index in [0.717, 1.165) is 0 Å². The Morgan fingerprint density at radius 2 is 2.00 bits per heavy atom. The number of sulfone groups is 1. The van der Waals surface area contributed by atoms with Crippen LogP contribution >= 0.6 is 10.7 Å². The van der Waals surface area contributed by atoms with Crippen molar-refractivity contribution in [3.05, 3.63) is 0 Å². The molecule has 0 aliphatic carbocycles. The van der Waals surface area contributed by atoms with E-state index in [2.05, 4.69) is 0 Å². The average Bonchev–Trinajstić information content (AvgIpc) is 2.07. The van der Waals surface area contributed by atoms with Gasteiger partial charge in [-0.3, -0.25) is 0 Å². The highest BCUT2D eigenvalue weighted by Gasteiger charge is 2.34. The molecule has 0 spiro atoms.